The van der Waals surface area contributed by atoms with Crippen molar-refractivity contribution in [3.63, 3.8) is 0 Å². The van der Waals surface area contributed by atoms with E-state index in [0.717, 1.165) is 23.3 Å². The molecule has 1 heterocycles. The van der Waals surface area contributed by atoms with Crippen LogP contribution >= 0.6 is 11.5 Å². The van der Waals surface area contributed by atoms with E-state index in [0.29, 0.717) is 4.88 Å². The largest absolute Gasteiger partial charge is 0.319 e. The first-order valence-corrected chi connectivity index (χ1v) is 6.61. The third-order valence-electron chi connectivity index (χ3n) is 2.80. The van der Waals surface area contributed by atoms with E-state index >= 15 is 0 Å². The summed E-state index contributed by atoms with van der Waals surface area (Å²) in [4.78, 5) is 0.706. The fourth-order valence-electron chi connectivity index (χ4n) is 1.82. The third-order valence-corrected chi connectivity index (χ3v) is 3.61. The van der Waals surface area contributed by atoms with Crippen molar-refractivity contribution in [1.29, 1.82) is 0 Å². The number of aromatic nitrogens is 2. The number of hydrogen-bond acceptors (Lipinski definition) is 4. The van der Waals surface area contributed by atoms with Gasteiger partial charge in [0.15, 0.2) is 0 Å². The molecule has 0 bridgehead atoms. The highest BCUT2D eigenvalue weighted by molar-refractivity contribution is 7.05. The summed E-state index contributed by atoms with van der Waals surface area (Å²) in [6.07, 6.45) is 0. The summed E-state index contributed by atoms with van der Waals surface area (Å²) in [7, 11) is 0. The second-order valence-corrected chi connectivity index (χ2v) is 6.17. The molecule has 2 rings (SSSR count). The van der Waals surface area contributed by atoms with Crippen molar-refractivity contribution in [2.45, 2.75) is 32.2 Å². The maximum atomic E-state index is 13.8. The standard InChI is InChI=1S/C13H15F2N3S/c1-13(2,3)12-11(19-18-17-12)10(16)8-5-4-7(14)6-9(8)15/h4-6,10H,16H2,1-3H3. The molecule has 19 heavy (non-hydrogen) atoms. The molecule has 1 aromatic carbocycles. The van der Waals surface area contributed by atoms with Gasteiger partial charge in [0.05, 0.1) is 16.6 Å². The van der Waals surface area contributed by atoms with Crippen LogP contribution in [0.15, 0.2) is 18.2 Å². The zero-order valence-electron chi connectivity index (χ0n) is 10.9. The summed E-state index contributed by atoms with van der Waals surface area (Å²) >= 11 is 1.15. The number of halogens is 2. The summed E-state index contributed by atoms with van der Waals surface area (Å²) in [6.45, 7) is 5.96. The quantitative estimate of drug-likeness (QED) is 0.921. The van der Waals surface area contributed by atoms with Gasteiger partial charge in [0.1, 0.15) is 11.6 Å². The van der Waals surface area contributed by atoms with Crippen LogP contribution in [0.25, 0.3) is 0 Å². The van der Waals surface area contributed by atoms with Gasteiger partial charge in [0.25, 0.3) is 0 Å². The molecule has 0 fully saturated rings. The summed E-state index contributed by atoms with van der Waals surface area (Å²) in [6, 6.07) is 2.71. The molecule has 102 valence electrons. The predicted molar refractivity (Wildman–Crippen MR) is 71.0 cm³/mol. The van der Waals surface area contributed by atoms with E-state index in [9.17, 15) is 8.78 Å². The molecule has 1 atom stereocenters. The topological polar surface area (TPSA) is 51.8 Å². The predicted octanol–water partition coefficient (Wildman–Crippen LogP) is 3.16. The van der Waals surface area contributed by atoms with Gasteiger partial charge in [-0.2, -0.15) is 0 Å². The number of benzene rings is 1. The minimum absolute atomic E-state index is 0.226. The maximum Gasteiger partial charge on any atom is 0.131 e. The van der Waals surface area contributed by atoms with Crippen LogP contribution in [0.3, 0.4) is 0 Å². The normalized spacial score (nSPS) is 13.6. The highest BCUT2D eigenvalue weighted by atomic mass is 32.1. The zero-order valence-corrected chi connectivity index (χ0v) is 11.8. The van der Waals surface area contributed by atoms with E-state index in [1.165, 1.54) is 12.1 Å². The molecular formula is C13H15F2N3S. The first kappa shape index (κ1) is 14.0. The lowest BCUT2D eigenvalue weighted by Crippen LogP contribution is -2.20. The van der Waals surface area contributed by atoms with Gasteiger partial charge in [0, 0.05) is 17.0 Å². The van der Waals surface area contributed by atoms with Gasteiger partial charge in [-0.1, -0.05) is 31.3 Å². The lowest BCUT2D eigenvalue weighted by Gasteiger charge is -2.19. The Labute approximate surface area is 114 Å². The van der Waals surface area contributed by atoms with Crippen molar-refractivity contribution in [3.8, 4) is 0 Å². The lowest BCUT2D eigenvalue weighted by atomic mass is 9.89. The first-order chi connectivity index (χ1) is 8.80. The number of nitrogens with zero attached hydrogens (tertiary/aromatic N) is 2. The molecule has 1 unspecified atom stereocenters. The molecule has 0 aliphatic rings. The van der Waals surface area contributed by atoms with Crippen LogP contribution in [0.4, 0.5) is 8.78 Å². The van der Waals surface area contributed by atoms with Crippen molar-refractivity contribution in [2.75, 3.05) is 0 Å². The third kappa shape index (κ3) is 2.79. The minimum Gasteiger partial charge on any atom is -0.319 e. The Morgan fingerprint density at radius 3 is 2.53 bits per heavy atom. The summed E-state index contributed by atoms with van der Waals surface area (Å²) < 4.78 is 30.6. The van der Waals surface area contributed by atoms with E-state index in [2.05, 4.69) is 9.59 Å². The first-order valence-electron chi connectivity index (χ1n) is 5.84. The second kappa shape index (κ2) is 4.94. The Morgan fingerprint density at radius 2 is 1.95 bits per heavy atom. The molecule has 0 amide bonds. The Kier molecular flexibility index (Phi) is 3.64. The van der Waals surface area contributed by atoms with Crippen LogP contribution < -0.4 is 5.73 Å². The fourth-order valence-corrected chi connectivity index (χ4v) is 2.70. The summed E-state index contributed by atoms with van der Waals surface area (Å²) in [5.41, 5.74) is 6.84. The average Bonchev–Trinajstić information content (AvgIpc) is 2.76. The van der Waals surface area contributed by atoms with Crippen LogP contribution in [-0.4, -0.2) is 9.59 Å². The Morgan fingerprint density at radius 1 is 1.26 bits per heavy atom. The van der Waals surface area contributed by atoms with E-state index in [1.807, 2.05) is 20.8 Å². The Hall–Kier alpha value is -1.40. The van der Waals surface area contributed by atoms with Crippen molar-refractivity contribution in [1.82, 2.24) is 9.59 Å². The zero-order chi connectivity index (χ0) is 14.2. The van der Waals surface area contributed by atoms with Crippen molar-refractivity contribution >= 4 is 11.5 Å². The highest BCUT2D eigenvalue weighted by Crippen LogP contribution is 2.33. The molecule has 0 aliphatic carbocycles. The van der Waals surface area contributed by atoms with Gasteiger partial charge < -0.3 is 5.73 Å². The van der Waals surface area contributed by atoms with Gasteiger partial charge >= 0.3 is 0 Å². The molecule has 2 aromatic rings. The minimum atomic E-state index is -0.685. The Balaban J connectivity index is 2.45. The van der Waals surface area contributed by atoms with Crippen LogP contribution in [-0.2, 0) is 5.41 Å². The van der Waals surface area contributed by atoms with Crippen molar-refractivity contribution in [2.24, 2.45) is 5.73 Å². The van der Waals surface area contributed by atoms with Crippen LogP contribution in [0.2, 0.25) is 0 Å². The Bertz CT molecular complexity index is 590. The monoisotopic (exact) mass is 283 g/mol. The number of hydrogen-bond donors (Lipinski definition) is 1. The molecule has 3 nitrogen and oxygen atoms in total. The average molecular weight is 283 g/mol. The van der Waals surface area contributed by atoms with Gasteiger partial charge in [-0.25, -0.2) is 8.78 Å². The van der Waals surface area contributed by atoms with Crippen LogP contribution in [0.5, 0.6) is 0 Å². The smallest absolute Gasteiger partial charge is 0.131 e. The summed E-state index contributed by atoms with van der Waals surface area (Å²) in [5, 5.41) is 4.07. The van der Waals surface area contributed by atoms with Gasteiger partial charge in [-0.15, -0.1) is 5.10 Å². The molecular weight excluding hydrogens is 268 g/mol. The molecule has 0 radical (unpaired) electrons. The fraction of sp³-hybridized carbons (Fsp3) is 0.385. The number of rotatable bonds is 2. The van der Waals surface area contributed by atoms with Crippen molar-refractivity contribution in [3.05, 3.63) is 46.0 Å². The number of nitrogens with two attached hydrogens (primary N) is 1. The SMILES string of the molecule is CC(C)(C)c1nnsc1C(N)c1ccc(F)cc1F. The summed E-state index contributed by atoms with van der Waals surface area (Å²) in [5.74, 6) is -1.27. The molecule has 0 saturated heterocycles. The highest BCUT2D eigenvalue weighted by Gasteiger charge is 2.27. The van der Waals surface area contributed by atoms with Crippen LogP contribution in [0, 0.1) is 11.6 Å². The van der Waals surface area contributed by atoms with Gasteiger partial charge in [-0.05, 0) is 17.6 Å². The van der Waals surface area contributed by atoms with E-state index in [4.69, 9.17) is 5.73 Å². The second-order valence-electron chi connectivity index (χ2n) is 5.38. The van der Waals surface area contributed by atoms with Gasteiger partial charge in [0.2, 0.25) is 0 Å². The van der Waals surface area contributed by atoms with Crippen molar-refractivity contribution < 1.29 is 8.78 Å². The molecule has 6 heteroatoms. The van der Waals surface area contributed by atoms with E-state index < -0.39 is 17.7 Å². The van der Waals surface area contributed by atoms with Gasteiger partial charge in [-0.3, -0.25) is 0 Å². The molecule has 1 aromatic heterocycles. The lowest BCUT2D eigenvalue weighted by molar-refractivity contribution is 0.547. The molecule has 2 N–H and O–H groups in total. The van der Waals surface area contributed by atoms with E-state index in [-0.39, 0.29) is 11.0 Å². The molecule has 0 aliphatic heterocycles. The maximum absolute atomic E-state index is 13.8. The van der Waals surface area contributed by atoms with Crippen LogP contribution in [0.1, 0.15) is 42.9 Å². The molecule has 0 saturated carbocycles. The van der Waals surface area contributed by atoms with E-state index in [1.54, 1.807) is 0 Å². The molecule has 0 spiro atoms.